The average Bonchev–Trinajstić information content (AvgIpc) is 2.29. The van der Waals surface area contributed by atoms with Crippen LogP contribution in [0.2, 0.25) is 0 Å². The zero-order valence-corrected chi connectivity index (χ0v) is 14.5. The topological polar surface area (TPSA) is 0 Å². The molecular formula is C14H21BrMgS. The van der Waals surface area contributed by atoms with E-state index in [1.54, 1.807) is 0 Å². The van der Waals surface area contributed by atoms with Gasteiger partial charge in [-0.2, -0.15) is 12.8 Å². The van der Waals surface area contributed by atoms with E-state index in [-0.39, 0.29) is 40.0 Å². The third kappa shape index (κ3) is 11.6. The molecule has 0 saturated heterocycles. The average molecular weight is 326 g/mol. The van der Waals surface area contributed by atoms with Crippen LogP contribution < -0.4 is 17.0 Å². The molecule has 0 aliphatic heterocycles. The predicted molar refractivity (Wildman–Crippen MR) is 76.0 cm³/mol. The van der Waals surface area contributed by atoms with Gasteiger partial charge in [-0.25, -0.2) is 0 Å². The zero-order chi connectivity index (χ0) is 10.8. The van der Waals surface area contributed by atoms with Crippen LogP contribution in [0.15, 0.2) is 35.2 Å². The maximum Gasteiger partial charge on any atom is 2.00 e. The zero-order valence-electron chi connectivity index (χ0n) is 10.7. The number of rotatable bonds is 8. The Kier molecular flexibility index (Phi) is 17.6. The number of unbranched alkanes of at least 4 members (excludes halogenated alkanes) is 5. The van der Waals surface area contributed by atoms with Crippen molar-refractivity contribution in [1.29, 1.82) is 0 Å². The Morgan fingerprint density at radius 3 is 2.35 bits per heavy atom. The molecule has 17 heavy (non-hydrogen) atoms. The second-order valence-corrected chi connectivity index (χ2v) is 4.90. The van der Waals surface area contributed by atoms with Crippen LogP contribution in [0.3, 0.4) is 0 Å². The van der Waals surface area contributed by atoms with E-state index in [1.165, 1.54) is 42.8 Å². The first-order chi connectivity index (χ1) is 7.43. The van der Waals surface area contributed by atoms with E-state index in [0.717, 1.165) is 0 Å². The van der Waals surface area contributed by atoms with Crippen molar-refractivity contribution in [3.63, 3.8) is 0 Å². The maximum absolute atomic E-state index is 2.44. The van der Waals surface area contributed by atoms with Crippen molar-refractivity contribution in [2.24, 2.45) is 0 Å². The van der Waals surface area contributed by atoms with E-state index in [9.17, 15) is 0 Å². The second-order valence-electron chi connectivity index (χ2n) is 3.73. The molecule has 0 aliphatic rings. The molecule has 0 amide bonds. The van der Waals surface area contributed by atoms with Crippen molar-refractivity contribution < 1.29 is 17.0 Å². The van der Waals surface area contributed by atoms with Gasteiger partial charge in [0.2, 0.25) is 0 Å². The van der Waals surface area contributed by atoms with Gasteiger partial charge >= 0.3 is 23.1 Å². The van der Waals surface area contributed by atoms with Crippen LogP contribution in [0.25, 0.3) is 0 Å². The van der Waals surface area contributed by atoms with Gasteiger partial charge in [-0.3, -0.25) is 0 Å². The Morgan fingerprint density at radius 1 is 1.06 bits per heavy atom. The van der Waals surface area contributed by atoms with Crippen molar-refractivity contribution in [2.45, 2.75) is 43.9 Å². The Morgan fingerprint density at radius 2 is 1.71 bits per heavy atom. The van der Waals surface area contributed by atoms with Gasteiger partial charge in [-0.15, -0.1) is 11.8 Å². The van der Waals surface area contributed by atoms with Gasteiger partial charge in [-0.1, -0.05) is 44.4 Å². The van der Waals surface area contributed by atoms with Gasteiger partial charge in [-0.05, 0) is 17.9 Å². The number of hydrogen-bond acceptors (Lipinski definition) is 1. The summed E-state index contributed by atoms with van der Waals surface area (Å²) in [4.78, 5) is 1.39. The molecule has 0 radical (unpaired) electrons. The smallest absolute Gasteiger partial charge is 1.00 e. The molecule has 0 aromatic heterocycles. The molecule has 0 unspecified atom stereocenters. The molecule has 1 aromatic rings. The number of halogens is 1. The molecule has 0 N–H and O–H groups in total. The quantitative estimate of drug-likeness (QED) is 0.303. The number of thioether (sulfide) groups is 1. The van der Waals surface area contributed by atoms with Gasteiger partial charge in [0, 0.05) is 4.90 Å². The molecule has 0 aliphatic carbocycles. The molecule has 0 saturated carbocycles. The number of hydrogen-bond donors (Lipinski definition) is 0. The molecule has 0 spiro atoms. The Labute approximate surface area is 137 Å². The van der Waals surface area contributed by atoms with Crippen LogP contribution in [0.1, 0.15) is 39.0 Å². The summed E-state index contributed by atoms with van der Waals surface area (Å²) < 4.78 is 0. The summed E-state index contributed by atoms with van der Waals surface area (Å²) in [7, 11) is 0. The Bertz CT molecular complexity index is 241. The first-order valence-electron chi connectivity index (χ1n) is 5.93. The van der Waals surface area contributed by atoms with Crippen molar-refractivity contribution in [1.82, 2.24) is 0 Å². The Hall–Kier alpha value is 0.816. The fourth-order valence-electron chi connectivity index (χ4n) is 1.43. The van der Waals surface area contributed by atoms with Gasteiger partial charge in [0.1, 0.15) is 0 Å². The van der Waals surface area contributed by atoms with Crippen LogP contribution in [0, 0.1) is 6.42 Å². The molecular weight excluding hydrogens is 304 g/mol. The third-order valence-corrected chi connectivity index (χ3v) is 3.42. The van der Waals surface area contributed by atoms with Gasteiger partial charge in [0.05, 0.1) is 0 Å². The van der Waals surface area contributed by atoms with Crippen LogP contribution in [0.4, 0.5) is 0 Å². The summed E-state index contributed by atoms with van der Waals surface area (Å²) in [5.74, 6) is 1.24. The normalized spacial score (nSPS) is 9.24. The third-order valence-electron chi connectivity index (χ3n) is 2.33. The first-order valence-corrected chi connectivity index (χ1v) is 6.91. The molecule has 0 fully saturated rings. The summed E-state index contributed by atoms with van der Waals surface area (Å²) in [6, 6.07) is 10.7. The van der Waals surface area contributed by atoms with Gasteiger partial charge in [0.25, 0.3) is 0 Å². The van der Waals surface area contributed by atoms with Crippen molar-refractivity contribution >= 4 is 34.8 Å². The number of benzene rings is 1. The minimum atomic E-state index is 0. The minimum absolute atomic E-state index is 0. The standard InChI is InChI=1S/C14H21S.BrH.Mg/c1-2-3-4-5-6-10-13-15-14-11-8-7-9-12-14;;/h5,7-9,11-12H,2-4,6,10,13H2,1H3;1H;/q-1;;+2/p-1. The Balaban J connectivity index is 0. The first kappa shape index (κ1) is 20.1. The van der Waals surface area contributed by atoms with Crippen molar-refractivity contribution in [3.8, 4) is 0 Å². The van der Waals surface area contributed by atoms with E-state index in [0.29, 0.717) is 0 Å². The molecule has 3 heteroatoms. The van der Waals surface area contributed by atoms with Gasteiger partial charge in [0.15, 0.2) is 0 Å². The largest absolute Gasteiger partial charge is 2.00 e. The summed E-state index contributed by atoms with van der Waals surface area (Å²) in [5.41, 5.74) is 0. The molecule has 0 atom stereocenters. The minimum Gasteiger partial charge on any atom is -1.00 e. The molecule has 0 nitrogen and oxygen atoms in total. The van der Waals surface area contributed by atoms with Crippen LogP contribution in [-0.4, -0.2) is 28.8 Å². The van der Waals surface area contributed by atoms with E-state index >= 15 is 0 Å². The summed E-state index contributed by atoms with van der Waals surface area (Å²) in [5, 5.41) is 0. The van der Waals surface area contributed by atoms with E-state index < -0.39 is 0 Å². The van der Waals surface area contributed by atoms with E-state index in [1.807, 2.05) is 11.8 Å². The summed E-state index contributed by atoms with van der Waals surface area (Å²) in [6.07, 6.45) is 8.99. The fraction of sp³-hybridized carbons (Fsp3) is 0.500. The van der Waals surface area contributed by atoms with Crippen molar-refractivity contribution in [3.05, 3.63) is 36.8 Å². The fourth-order valence-corrected chi connectivity index (χ4v) is 2.32. The summed E-state index contributed by atoms with van der Waals surface area (Å²) in [6.45, 7) is 2.25. The van der Waals surface area contributed by atoms with E-state index in [2.05, 4.69) is 43.7 Å². The monoisotopic (exact) mass is 324 g/mol. The predicted octanol–water partition coefficient (Wildman–Crippen LogP) is 1.58. The molecule has 0 heterocycles. The van der Waals surface area contributed by atoms with Gasteiger partial charge < -0.3 is 23.4 Å². The molecule has 1 rings (SSSR count). The summed E-state index contributed by atoms with van der Waals surface area (Å²) >= 11 is 1.96. The maximum atomic E-state index is 2.44. The molecule has 0 bridgehead atoms. The molecule has 1 aromatic carbocycles. The molecule has 92 valence electrons. The SMILES string of the molecule is CCCC[CH-]CCCSc1ccccc1.[Br-].[Mg+2]. The van der Waals surface area contributed by atoms with Crippen molar-refractivity contribution in [2.75, 3.05) is 5.75 Å². The van der Waals surface area contributed by atoms with Crippen LogP contribution in [0.5, 0.6) is 0 Å². The van der Waals surface area contributed by atoms with E-state index in [4.69, 9.17) is 0 Å². The second kappa shape index (κ2) is 14.9. The van der Waals surface area contributed by atoms with Crippen LogP contribution in [-0.2, 0) is 0 Å². The van der Waals surface area contributed by atoms with Crippen LogP contribution >= 0.6 is 11.8 Å².